The minimum Gasteiger partial charge on any atom is -0.455 e. The fourth-order valence-corrected chi connectivity index (χ4v) is 11.7. The van der Waals surface area contributed by atoms with E-state index in [-0.39, 0.29) is 0 Å². The third-order valence-corrected chi connectivity index (χ3v) is 15.0. The van der Waals surface area contributed by atoms with Crippen LogP contribution >= 0.6 is 0 Å². The molecular formula is C70H44N2O2. The van der Waals surface area contributed by atoms with Gasteiger partial charge in [-0.3, -0.25) is 0 Å². The lowest BCUT2D eigenvalue weighted by molar-refractivity contribution is 0.596. The Hall–Kier alpha value is -9.90. The summed E-state index contributed by atoms with van der Waals surface area (Å²) in [6, 6.07) is 95.4. The second-order valence-corrected chi connectivity index (χ2v) is 19.1. The van der Waals surface area contributed by atoms with Crippen molar-refractivity contribution in [3.8, 4) is 78.9 Å². The third-order valence-electron chi connectivity index (χ3n) is 15.0. The highest BCUT2D eigenvalue weighted by Crippen LogP contribution is 2.49. The first-order valence-corrected chi connectivity index (χ1v) is 25.2. The van der Waals surface area contributed by atoms with Crippen LogP contribution in [-0.2, 0) is 0 Å². The molecule has 0 saturated carbocycles. The lowest BCUT2D eigenvalue weighted by Crippen LogP contribution is -1.94. The minimum atomic E-state index is 0.803. The van der Waals surface area contributed by atoms with Crippen LogP contribution in [0.2, 0.25) is 0 Å². The molecule has 0 N–H and O–H groups in total. The van der Waals surface area contributed by atoms with Gasteiger partial charge in [0.1, 0.15) is 23.0 Å². The second-order valence-electron chi connectivity index (χ2n) is 19.1. The van der Waals surface area contributed by atoms with Crippen molar-refractivity contribution in [2.75, 3.05) is 0 Å². The van der Waals surface area contributed by atoms with Crippen LogP contribution in [0.15, 0.2) is 276 Å². The van der Waals surface area contributed by atoms with Gasteiger partial charge in [-0.25, -0.2) is 0 Å². The number of benzene rings is 11. The normalized spacial score (nSPS) is 11.8. The van der Waals surface area contributed by atoms with Gasteiger partial charge in [0.15, 0.2) is 0 Å². The van der Waals surface area contributed by atoms with Gasteiger partial charge in [-0.1, -0.05) is 206 Å². The van der Waals surface area contributed by atoms with Gasteiger partial charge in [0.25, 0.3) is 0 Å². The summed E-state index contributed by atoms with van der Waals surface area (Å²) in [5.74, 6) is 3.22. The second kappa shape index (κ2) is 16.9. The average Bonchev–Trinajstić information content (AvgIpc) is 4.27. The van der Waals surface area contributed by atoms with E-state index in [2.05, 4.69) is 264 Å². The Bertz CT molecular complexity index is 4320. The summed E-state index contributed by atoms with van der Waals surface area (Å²) in [7, 11) is 0. The average molecular weight is 945 g/mol. The molecule has 15 aromatic rings. The number of para-hydroxylation sites is 4. The molecule has 15 rings (SSSR count). The van der Waals surface area contributed by atoms with Crippen LogP contribution in [0.3, 0.4) is 0 Å². The quantitative estimate of drug-likeness (QED) is 0.152. The van der Waals surface area contributed by atoms with Crippen molar-refractivity contribution in [1.82, 2.24) is 9.13 Å². The molecule has 0 saturated heterocycles. The molecule has 4 nitrogen and oxygen atoms in total. The molecule has 0 bridgehead atoms. The fraction of sp³-hybridized carbons (Fsp3) is 0. The van der Waals surface area contributed by atoms with E-state index in [1.807, 2.05) is 12.1 Å². The highest BCUT2D eigenvalue weighted by atomic mass is 16.3. The maximum atomic E-state index is 7.11. The maximum Gasteiger partial charge on any atom is 0.142 e. The summed E-state index contributed by atoms with van der Waals surface area (Å²) < 4.78 is 19.0. The molecule has 0 aliphatic rings. The van der Waals surface area contributed by atoms with E-state index in [0.717, 1.165) is 90.0 Å². The molecule has 4 aromatic heterocycles. The number of furan rings is 2. The summed E-state index contributed by atoms with van der Waals surface area (Å²) in [6.07, 6.45) is 0. The maximum absolute atomic E-state index is 7.11. The molecule has 0 radical (unpaired) electrons. The molecule has 4 heterocycles. The van der Waals surface area contributed by atoms with Crippen molar-refractivity contribution in [3.05, 3.63) is 267 Å². The van der Waals surface area contributed by atoms with E-state index < -0.39 is 0 Å². The van der Waals surface area contributed by atoms with Gasteiger partial charge in [-0.2, -0.15) is 0 Å². The molecule has 346 valence electrons. The van der Waals surface area contributed by atoms with Crippen molar-refractivity contribution in [2.24, 2.45) is 0 Å². The minimum absolute atomic E-state index is 0.803. The van der Waals surface area contributed by atoms with E-state index >= 15 is 0 Å². The highest BCUT2D eigenvalue weighted by Gasteiger charge is 2.25. The van der Waals surface area contributed by atoms with Crippen molar-refractivity contribution < 1.29 is 8.83 Å². The van der Waals surface area contributed by atoms with Crippen molar-refractivity contribution in [2.45, 2.75) is 0 Å². The third kappa shape index (κ3) is 6.55. The number of hydrogen-bond donors (Lipinski definition) is 0. The summed E-state index contributed by atoms with van der Waals surface area (Å²) in [5.41, 5.74) is 15.1. The Morgan fingerprint density at radius 3 is 0.946 bits per heavy atom. The standard InChI is InChI=1S/C70H44N2O2/c1-5-21-45(22-6-1)65-43-59(57-41-63-67(53-31-15-13-29-51(53)57)55-33-17-19-35-61(55)71(63)49-25-9-3-10-26-49)69(73-65)47-37-39-48(40-38-47)70-60(44-66(74-70)46-23-7-2-8-24-46)58-42-64-68(54-32-16-14-30-52(54)58)56-34-18-20-36-62(56)72(64)50-27-11-4-12-28-50/h1-44H. The van der Waals surface area contributed by atoms with Crippen LogP contribution in [0, 0.1) is 0 Å². The Morgan fingerprint density at radius 2 is 0.554 bits per heavy atom. The van der Waals surface area contributed by atoms with Gasteiger partial charge in [0.05, 0.1) is 22.1 Å². The zero-order valence-corrected chi connectivity index (χ0v) is 40.1. The molecule has 11 aromatic carbocycles. The predicted molar refractivity (Wildman–Crippen MR) is 307 cm³/mol. The summed E-state index contributed by atoms with van der Waals surface area (Å²) >= 11 is 0. The molecule has 4 heteroatoms. The molecule has 0 amide bonds. The van der Waals surface area contributed by atoms with Crippen LogP contribution in [0.25, 0.3) is 144 Å². The van der Waals surface area contributed by atoms with Crippen molar-refractivity contribution >= 4 is 65.2 Å². The van der Waals surface area contributed by atoms with Crippen LogP contribution in [0.5, 0.6) is 0 Å². The number of aromatic nitrogens is 2. The van der Waals surface area contributed by atoms with Crippen molar-refractivity contribution in [3.63, 3.8) is 0 Å². The van der Waals surface area contributed by atoms with E-state index in [9.17, 15) is 0 Å². The summed E-state index contributed by atoms with van der Waals surface area (Å²) in [4.78, 5) is 0. The molecule has 0 fully saturated rings. The van der Waals surface area contributed by atoms with Gasteiger partial charge >= 0.3 is 0 Å². The number of rotatable bonds is 8. The van der Waals surface area contributed by atoms with Crippen LogP contribution in [0.1, 0.15) is 0 Å². The molecular weight excluding hydrogens is 901 g/mol. The predicted octanol–water partition coefficient (Wildman–Crippen LogP) is 19.4. The first-order valence-electron chi connectivity index (χ1n) is 25.2. The zero-order chi connectivity index (χ0) is 48.7. The monoisotopic (exact) mass is 944 g/mol. The van der Waals surface area contributed by atoms with E-state index in [1.165, 1.54) is 54.1 Å². The molecule has 0 aliphatic carbocycles. The Kier molecular flexibility index (Phi) is 9.54. The van der Waals surface area contributed by atoms with Gasteiger partial charge < -0.3 is 18.0 Å². The topological polar surface area (TPSA) is 36.1 Å². The fourth-order valence-electron chi connectivity index (χ4n) is 11.7. The van der Waals surface area contributed by atoms with E-state index in [1.54, 1.807) is 0 Å². The van der Waals surface area contributed by atoms with E-state index in [4.69, 9.17) is 8.83 Å². The smallest absolute Gasteiger partial charge is 0.142 e. The van der Waals surface area contributed by atoms with Gasteiger partial charge in [-0.05, 0) is 93.3 Å². The van der Waals surface area contributed by atoms with Gasteiger partial charge in [0.2, 0.25) is 0 Å². The summed E-state index contributed by atoms with van der Waals surface area (Å²) in [5, 5.41) is 9.64. The van der Waals surface area contributed by atoms with Crippen LogP contribution in [0.4, 0.5) is 0 Å². The first-order chi connectivity index (χ1) is 36.7. The molecule has 0 atom stereocenters. The number of hydrogen-bond acceptors (Lipinski definition) is 2. The largest absolute Gasteiger partial charge is 0.455 e. The number of fused-ring (bicyclic) bond motifs is 10. The lowest BCUT2D eigenvalue weighted by atomic mass is 9.92. The van der Waals surface area contributed by atoms with Crippen LogP contribution in [-0.4, -0.2) is 9.13 Å². The Balaban J connectivity index is 0.944. The molecule has 0 unspecified atom stereocenters. The Morgan fingerprint density at radius 1 is 0.230 bits per heavy atom. The Labute approximate surface area is 426 Å². The van der Waals surface area contributed by atoms with Gasteiger partial charge in [-0.15, -0.1) is 0 Å². The SMILES string of the molecule is c1ccc(-c2cc(-c3cc4c(c5ccccc35)c3ccccc3n4-c3ccccc3)c(-c3ccc(-c4oc(-c5ccccc5)cc4-c4cc5c(c6ccccc46)c4ccccc4n5-c4ccccc4)cc3)o2)cc1. The van der Waals surface area contributed by atoms with Crippen LogP contribution < -0.4 is 0 Å². The molecule has 74 heavy (non-hydrogen) atoms. The zero-order valence-electron chi connectivity index (χ0n) is 40.1. The van der Waals surface area contributed by atoms with Crippen molar-refractivity contribution in [1.29, 1.82) is 0 Å². The van der Waals surface area contributed by atoms with E-state index in [0.29, 0.717) is 0 Å². The molecule has 0 aliphatic heterocycles. The highest BCUT2D eigenvalue weighted by molar-refractivity contribution is 6.26. The van der Waals surface area contributed by atoms with Gasteiger partial charge in [0, 0.05) is 66.3 Å². The molecule has 0 spiro atoms. The number of nitrogens with zero attached hydrogens (tertiary/aromatic N) is 2. The first kappa shape index (κ1) is 41.8. The summed E-state index contributed by atoms with van der Waals surface area (Å²) in [6.45, 7) is 0. The lowest BCUT2D eigenvalue weighted by Gasteiger charge is -2.13.